The summed E-state index contributed by atoms with van der Waals surface area (Å²) in [5.74, 6) is -1.21. The van der Waals surface area contributed by atoms with Gasteiger partial charge in [-0.25, -0.2) is 4.98 Å². The summed E-state index contributed by atoms with van der Waals surface area (Å²) >= 11 is 0. The summed E-state index contributed by atoms with van der Waals surface area (Å²) in [6, 6.07) is 34.9. The molecule has 3 N–H and O–H groups in total. The first-order valence-electron chi connectivity index (χ1n) is 17.5. The number of anilines is 2. The molecule has 1 aromatic heterocycles. The quantitative estimate of drug-likeness (QED) is 0.119. The van der Waals surface area contributed by atoms with Crippen LogP contribution in [0.25, 0.3) is 0 Å². The molecule has 0 bridgehead atoms. The lowest BCUT2D eigenvalue weighted by molar-refractivity contribution is -0.141. The summed E-state index contributed by atoms with van der Waals surface area (Å²) in [7, 11) is 0. The summed E-state index contributed by atoms with van der Waals surface area (Å²) in [4.78, 5) is 54.4. The predicted octanol–water partition coefficient (Wildman–Crippen LogP) is 6.98. The van der Waals surface area contributed by atoms with Crippen LogP contribution in [-0.4, -0.2) is 49.9 Å². The van der Waals surface area contributed by atoms with Gasteiger partial charge in [0.1, 0.15) is 6.04 Å². The molecule has 10 nitrogen and oxygen atoms in total. The van der Waals surface area contributed by atoms with E-state index >= 15 is 9.59 Å². The van der Waals surface area contributed by atoms with Gasteiger partial charge >= 0.3 is 5.97 Å². The van der Waals surface area contributed by atoms with Crippen molar-refractivity contribution in [3.63, 3.8) is 0 Å². The van der Waals surface area contributed by atoms with Crippen molar-refractivity contribution in [3.8, 4) is 5.88 Å². The fourth-order valence-corrected chi connectivity index (χ4v) is 6.95. The van der Waals surface area contributed by atoms with Gasteiger partial charge in [-0.2, -0.15) is 4.98 Å². The number of amides is 2. The van der Waals surface area contributed by atoms with Crippen LogP contribution in [0.1, 0.15) is 70.5 Å². The fraction of sp³-hybridized carbons (Fsp3) is 0.262. The number of ether oxygens (including phenoxy) is 1. The number of carbonyl (C=O) groups is 3. The first-order valence-corrected chi connectivity index (χ1v) is 17.5. The first-order chi connectivity index (χ1) is 25.1. The Labute approximate surface area is 303 Å². The zero-order valence-corrected chi connectivity index (χ0v) is 29.4. The van der Waals surface area contributed by atoms with E-state index < -0.39 is 23.5 Å². The maximum atomic E-state index is 15.2. The lowest BCUT2D eigenvalue weighted by Gasteiger charge is -2.44. The van der Waals surface area contributed by atoms with E-state index in [-0.39, 0.29) is 24.8 Å². The minimum Gasteiger partial charge on any atom is -0.481 e. The summed E-state index contributed by atoms with van der Waals surface area (Å²) in [6.45, 7) is 4.20. The highest BCUT2D eigenvalue weighted by Crippen LogP contribution is 2.42. The minimum absolute atomic E-state index is 0.144. The molecule has 266 valence electrons. The molecule has 2 atom stereocenters. The molecular formula is C42H43N5O5. The van der Waals surface area contributed by atoms with Gasteiger partial charge < -0.3 is 25.4 Å². The Morgan fingerprint density at radius 2 is 1.50 bits per heavy atom. The summed E-state index contributed by atoms with van der Waals surface area (Å²) in [5, 5.41) is 10.3. The van der Waals surface area contributed by atoms with Gasteiger partial charge in [0.2, 0.25) is 11.8 Å². The number of fused-ring (bicyclic) bond motifs is 1. The van der Waals surface area contributed by atoms with Crippen molar-refractivity contribution in [2.24, 2.45) is 0 Å². The number of nitrogens with two attached hydrogens (primary N) is 1. The van der Waals surface area contributed by atoms with Gasteiger partial charge in [-0.05, 0) is 73.9 Å². The Morgan fingerprint density at radius 3 is 2.15 bits per heavy atom. The van der Waals surface area contributed by atoms with E-state index in [1.165, 1.54) is 0 Å². The number of rotatable bonds is 14. The lowest BCUT2D eigenvalue weighted by Crippen LogP contribution is -2.55. The van der Waals surface area contributed by atoms with Crippen molar-refractivity contribution in [3.05, 3.63) is 149 Å². The average molecular weight is 698 g/mol. The van der Waals surface area contributed by atoms with Crippen LogP contribution < -0.4 is 15.4 Å². The topological polar surface area (TPSA) is 139 Å². The van der Waals surface area contributed by atoms with Crippen LogP contribution >= 0.6 is 0 Å². The Balaban J connectivity index is 1.42. The molecule has 0 spiro atoms. The third-order valence-corrected chi connectivity index (χ3v) is 9.47. The van der Waals surface area contributed by atoms with Crippen LogP contribution in [0, 0.1) is 6.92 Å². The molecule has 6 rings (SSSR count). The molecule has 1 aliphatic rings. The molecule has 5 aromatic rings. The maximum Gasteiger partial charge on any atom is 0.305 e. The van der Waals surface area contributed by atoms with Crippen LogP contribution in [-0.2, 0) is 29.0 Å². The van der Waals surface area contributed by atoms with Gasteiger partial charge in [0, 0.05) is 11.8 Å². The average Bonchev–Trinajstić information content (AvgIpc) is 3.22. The van der Waals surface area contributed by atoms with Gasteiger partial charge in [0.05, 0.1) is 36.4 Å². The minimum atomic E-state index is -1.24. The second-order valence-electron chi connectivity index (χ2n) is 13.5. The third kappa shape index (κ3) is 8.29. The molecule has 4 aromatic carbocycles. The maximum absolute atomic E-state index is 15.2. The summed E-state index contributed by atoms with van der Waals surface area (Å²) in [6.07, 6.45) is 1.69. The molecule has 2 unspecified atom stereocenters. The number of aromatic nitrogens is 2. The molecule has 52 heavy (non-hydrogen) atoms. The summed E-state index contributed by atoms with van der Waals surface area (Å²) in [5.41, 5.74) is 9.47. The Morgan fingerprint density at radius 1 is 0.846 bits per heavy atom. The normalized spacial score (nSPS) is 15.5. The number of hydrogen-bond donors (Lipinski definition) is 2. The molecule has 0 saturated carbocycles. The Kier molecular flexibility index (Phi) is 10.9. The van der Waals surface area contributed by atoms with E-state index in [4.69, 9.17) is 10.5 Å². The fourth-order valence-electron chi connectivity index (χ4n) is 6.95. The standard InChI is InChI=1S/C42H43N5O5/c1-29-25-36(45-41(43)44-29)52-24-12-17-31-20-21-35-34(26-31)39(50)47(42(2,27-37(48)49)23-22-30-13-6-3-7-14-30)38(33-18-10-5-11-19-33)40(51)46(35)28-32-15-8-4-9-16-32/h3-11,13-16,18-21,25-26,38H,12,17,22-24,27-28H2,1-2H3,(H,48,49)(H2,43,44,45). The Bertz CT molecular complexity index is 2010. The predicted molar refractivity (Wildman–Crippen MR) is 200 cm³/mol. The molecular weight excluding hydrogens is 654 g/mol. The number of carboxylic acids is 1. The van der Waals surface area contributed by atoms with Crippen LogP contribution in [0.4, 0.5) is 11.6 Å². The number of aryl methyl sites for hydroxylation is 3. The molecule has 0 aliphatic carbocycles. The lowest BCUT2D eigenvalue weighted by atomic mass is 9.84. The zero-order chi connectivity index (χ0) is 36.7. The van der Waals surface area contributed by atoms with Crippen molar-refractivity contribution in [1.82, 2.24) is 14.9 Å². The van der Waals surface area contributed by atoms with Crippen molar-refractivity contribution in [2.75, 3.05) is 17.2 Å². The van der Waals surface area contributed by atoms with Gasteiger partial charge in [-0.1, -0.05) is 97.1 Å². The Hall–Kier alpha value is -6.03. The molecule has 1 aliphatic heterocycles. The van der Waals surface area contributed by atoms with Crippen molar-refractivity contribution in [2.45, 2.75) is 64.1 Å². The van der Waals surface area contributed by atoms with Crippen molar-refractivity contribution >= 4 is 29.4 Å². The SMILES string of the molecule is Cc1cc(OCCCc2ccc3c(c2)C(=O)N(C(C)(CCc2ccccc2)CC(=O)O)C(c2ccccc2)C(=O)N3Cc2ccccc2)nc(N)n1. The van der Waals surface area contributed by atoms with Crippen molar-refractivity contribution in [1.29, 1.82) is 0 Å². The molecule has 0 radical (unpaired) electrons. The number of carbonyl (C=O) groups excluding carboxylic acids is 2. The van der Waals surface area contributed by atoms with Gasteiger partial charge in [0.25, 0.3) is 11.8 Å². The van der Waals surface area contributed by atoms with E-state index in [2.05, 4.69) is 9.97 Å². The van der Waals surface area contributed by atoms with Crippen LogP contribution in [0.15, 0.2) is 115 Å². The number of benzene rings is 4. The highest BCUT2D eigenvalue weighted by molar-refractivity contribution is 6.11. The highest BCUT2D eigenvalue weighted by Gasteiger charge is 2.49. The number of aliphatic carboxylic acids is 1. The van der Waals surface area contributed by atoms with E-state index in [9.17, 15) is 9.90 Å². The second-order valence-corrected chi connectivity index (χ2v) is 13.5. The van der Waals surface area contributed by atoms with Gasteiger partial charge in [-0.3, -0.25) is 14.4 Å². The van der Waals surface area contributed by atoms with E-state index in [1.54, 1.807) is 22.8 Å². The van der Waals surface area contributed by atoms with E-state index in [0.717, 1.165) is 16.7 Å². The number of carboxylic acid groups (broad SMARTS) is 1. The van der Waals surface area contributed by atoms with Crippen LogP contribution in [0.5, 0.6) is 5.88 Å². The molecule has 10 heteroatoms. The first kappa shape index (κ1) is 35.8. The highest BCUT2D eigenvalue weighted by atomic mass is 16.5. The smallest absolute Gasteiger partial charge is 0.305 e. The molecule has 0 saturated heterocycles. The zero-order valence-electron chi connectivity index (χ0n) is 29.4. The third-order valence-electron chi connectivity index (χ3n) is 9.47. The molecule has 2 heterocycles. The van der Waals surface area contributed by atoms with Crippen molar-refractivity contribution < 1.29 is 24.2 Å². The van der Waals surface area contributed by atoms with E-state index in [0.29, 0.717) is 60.7 Å². The number of nitrogens with zero attached hydrogens (tertiary/aromatic N) is 4. The summed E-state index contributed by atoms with van der Waals surface area (Å²) < 4.78 is 5.85. The number of nitrogen functional groups attached to an aromatic ring is 1. The van der Waals surface area contributed by atoms with Crippen LogP contribution in [0.3, 0.4) is 0 Å². The molecule has 2 amide bonds. The van der Waals surface area contributed by atoms with Gasteiger partial charge in [-0.15, -0.1) is 0 Å². The van der Waals surface area contributed by atoms with Crippen LogP contribution in [0.2, 0.25) is 0 Å². The second kappa shape index (κ2) is 15.9. The monoisotopic (exact) mass is 697 g/mol. The number of hydrogen-bond acceptors (Lipinski definition) is 7. The molecule has 0 fully saturated rings. The largest absolute Gasteiger partial charge is 0.481 e. The van der Waals surface area contributed by atoms with E-state index in [1.807, 2.05) is 116 Å². The van der Waals surface area contributed by atoms with Gasteiger partial charge in [0.15, 0.2) is 0 Å².